The molecular formula is C11H13N3O. The lowest BCUT2D eigenvalue weighted by atomic mass is 10.1. The van der Waals surface area contributed by atoms with E-state index < -0.39 is 0 Å². The van der Waals surface area contributed by atoms with Crippen LogP contribution in [-0.2, 0) is 0 Å². The number of rotatable bonds is 3. The lowest BCUT2D eigenvalue weighted by Crippen LogP contribution is -2.17. The molecule has 0 radical (unpaired) electrons. The Morgan fingerprint density at radius 3 is 2.80 bits per heavy atom. The Morgan fingerprint density at radius 1 is 1.33 bits per heavy atom. The third kappa shape index (κ3) is 1.91. The van der Waals surface area contributed by atoms with Gasteiger partial charge in [-0.05, 0) is 17.7 Å². The van der Waals surface area contributed by atoms with Crippen LogP contribution in [0.4, 0.5) is 0 Å². The van der Waals surface area contributed by atoms with Crippen molar-refractivity contribution in [2.24, 2.45) is 5.73 Å². The van der Waals surface area contributed by atoms with Crippen LogP contribution in [-0.4, -0.2) is 21.5 Å². The molecule has 0 bridgehead atoms. The molecule has 0 aliphatic rings. The highest BCUT2D eigenvalue weighted by atomic mass is 16.3. The van der Waals surface area contributed by atoms with Crippen LogP contribution in [0.5, 0.6) is 0 Å². The van der Waals surface area contributed by atoms with Crippen molar-refractivity contribution in [2.45, 2.75) is 6.04 Å². The molecule has 4 nitrogen and oxygen atoms in total. The van der Waals surface area contributed by atoms with Crippen molar-refractivity contribution >= 4 is 0 Å². The van der Waals surface area contributed by atoms with Crippen molar-refractivity contribution in [2.75, 3.05) is 6.61 Å². The zero-order valence-electron chi connectivity index (χ0n) is 8.24. The van der Waals surface area contributed by atoms with Crippen molar-refractivity contribution < 1.29 is 5.11 Å². The Hall–Kier alpha value is -1.65. The molecular weight excluding hydrogens is 190 g/mol. The van der Waals surface area contributed by atoms with Gasteiger partial charge in [-0.1, -0.05) is 18.2 Å². The number of aliphatic hydroxyl groups is 1. The first-order chi connectivity index (χ1) is 7.33. The van der Waals surface area contributed by atoms with Crippen molar-refractivity contribution in [3.8, 4) is 5.69 Å². The second-order valence-corrected chi connectivity index (χ2v) is 3.30. The van der Waals surface area contributed by atoms with Crippen molar-refractivity contribution in [1.29, 1.82) is 0 Å². The standard InChI is InChI=1S/C11H13N3O/c12-10(8-15)9-4-1-2-5-11(9)14-7-3-6-13-14/h1-7,10,15H,8,12H2/t10-/m1/s1. The van der Waals surface area contributed by atoms with Gasteiger partial charge in [0.15, 0.2) is 0 Å². The Kier molecular flexibility index (Phi) is 2.80. The lowest BCUT2D eigenvalue weighted by molar-refractivity contribution is 0.268. The summed E-state index contributed by atoms with van der Waals surface area (Å²) in [6, 6.07) is 9.13. The molecule has 1 aromatic carbocycles. The van der Waals surface area contributed by atoms with Crippen LogP contribution in [0.25, 0.3) is 5.69 Å². The fraction of sp³-hybridized carbons (Fsp3) is 0.182. The molecule has 0 aliphatic carbocycles. The van der Waals surface area contributed by atoms with E-state index in [1.807, 2.05) is 36.5 Å². The molecule has 3 N–H and O–H groups in total. The molecule has 78 valence electrons. The molecule has 4 heteroatoms. The van der Waals surface area contributed by atoms with E-state index in [0.717, 1.165) is 11.3 Å². The predicted molar refractivity (Wildman–Crippen MR) is 57.6 cm³/mol. The highest BCUT2D eigenvalue weighted by Gasteiger charge is 2.10. The zero-order valence-corrected chi connectivity index (χ0v) is 8.24. The summed E-state index contributed by atoms with van der Waals surface area (Å²) in [5, 5.41) is 13.2. The SMILES string of the molecule is N[C@H](CO)c1ccccc1-n1cccn1. The Morgan fingerprint density at radius 2 is 2.13 bits per heavy atom. The van der Waals surface area contributed by atoms with Gasteiger partial charge in [0.25, 0.3) is 0 Å². The molecule has 1 atom stereocenters. The Labute approximate surface area is 88.0 Å². The minimum Gasteiger partial charge on any atom is -0.394 e. The van der Waals surface area contributed by atoms with E-state index in [4.69, 9.17) is 10.8 Å². The van der Waals surface area contributed by atoms with Gasteiger partial charge in [-0.15, -0.1) is 0 Å². The van der Waals surface area contributed by atoms with Crippen LogP contribution < -0.4 is 5.73 Å². The fourth-order valence-corrected chi connectivity index (χ4v) is 1.52. The molecule has 2 aromatic rings. The maximum absolute atomic E-state index is 9.06. The topological polar surface area (TPSA) is 64.1 Å². The first-order valence-corrected chi connectivity index (χ1v) is 4.78. The van der Waals surface area contributed by atoms with Gasteiger partial charge in [0.05, 0.1) is 18.3 Å². The summed E-state index contributed by atoms with van der Waals surface area (Å²) in [6.45, 7) is -0.0711. The average molecular weight is 203 g/mol. The minimum atomic E-state index is -0.370. The number of hydrogen-bond donors (Lipinski definition) is 2. The summed E-state index contributed by atoms with van der Waals surface area (Å²) in [6.07, 6.45) is 3.56. The van der Waals surface area contributed by atoms with Crippen LogP contribution in [0, 0.1) is 0 Å². The zero-order chi connectivity index (χ0) is 10.7. The summed E-state index contributed by atoms with van der Waals surface area (Å²) in [5.74, 6) is 0. The van der Waals surface area contributed by atoms with E-state index in [1.54, 1.807) is 10.9 Å². The van der Waals surface area contributed by atoms with Gasteiger partial charge in [0.1, 0.15) is 0 Å². The number of nitrogens with two attached hydrogens (primary N) is 1. The lowest BCUT2D eigenvalue weighted by Gasteiger charge is -2.13. The van der Waals surface area contributed by atoms with Gasteiger partial charge < -0.3 is 10.8 Å². The molecule has 0 unspecified atom stereocenters. The molecule has 2 rings (SSSR count). The predicted octanol–water partition coefficient (Wildman–Crippen LogP) is 0.864. The first kappa shape index (κ1) is 9.89. The number of aliphatic hydroxyl groups excluding tert-OH is 1. The van der Waals surface area contributed by atoms with Gasteiger partial charge >= 0.3 is 0 Å². The first-order valence-electron chi connectivity index (χ1n) is 4.78. The molecule has 0 saturated heterocycles. The molecule has 0 spiro atoms. The van der Waals surface area contributed by atoms with Crippen molar-refractivity contribution in [3.63, 3.8) is 0 Å². The summed E-state index contributed by atoms with van der Waals surface area (Å²) >= 11 is 0. The second-order valence-electron chi connectivity index (χ2n) is 3.30. The van der Waals surface area contributed by atoms with Gasteiger partial charge in [-0.25, -0.2) is 4.68 Å². The monoisotopic (exact) mass is 203 g/mol. The fourth-order valence-electron chi connectivity index (χ4n) is 1.52. The van der Waals surface area contributed by atoms with Gasteiger partial charge in [0.2, 0.25) is 0 Å². The van der Waals surface area contributed by atoms with E-state index in [-0.39, 0.29) is 12.6 Å². The van der Waals surface area contributed by atoms with E-state index in [9.17, 15) is 0 Å². The average Bonchev–Trinajstić information content (AvgIpc) is 2.81. The summed E-state index contributed by atoms with van der Waals surface area (Å²) in [4.78, 5) is 0. The number of hydrogen-bond acceptors (Lipinski definition) is 3. The number of para-hydroxylation sites is 1. The molecule has 1 aromatic heterocycles. The summed E-state index contributed by atoms with van der Waals surface area (Å²) in [7, 11) is 0. The van der Waals surface area contributed by atoms with Gasteiger partial charge in [0, 0.05) is 12.4 Å². The molecule has 0 fully saturated rings. The van der Waals surface area contributed by atoms with Gasteiger partial charge in [-0.2, -0.15) is 5.10 Å². The van der Waals surface area contributed by atoms with Crippen LogP contribution in [0.1, 0.15) is 11.6 Å². The van der Waals surface area contributed by atoms with Gasteiger partial charge in [-0.3, -0.25) is 0 Å². The van der Waals surface area contributed by atoms with E-state index in [0.29, 0.717) is 0 Å². The van der Waals surface area contributed by atoms with Crippen LogP contribution in [0.2, 0.25) is 0 Å². The number of nitrogens with zero attached hydrogens (tertiary/aromatic N) is 2. The number of benzene rings is 1. The third-order valence-corrected chi connectivity index (χ3v) is 2.28. The van der Waals surface area contributed by atoms with Crippen molar-refractivity contribution in [1.82, 2.24) is 9.78 Å². The van der Waals surface area contributed by atoms with E-state index in [2.05, 4.69) is 5.10 Å². The number of aromatic nitrogens is 2. The quantitative estimate of drug-likeness (QED) is 0.777. The summed E-state index contributed by atoms with van der Waals surface area (Å²) in [5.41, 5.74) is 7.61. The van der Waals surface area contributed by atoms with Crippen molar-refractivity contribution in [3.05, 3.63) is 48.3 Å². The Bertz CT molecular complexity index is 425. The van der Waals surface area contributed by atoms with Crippen LogP contribution in [0.15, 0.2) is 42.7 Å². The second kappa shape index (κ2) is 4.25. The molecule has 0 aliphatic heterocycles. The minimum absolute atomic E-state index is 0.0711. The maximum Gasteiger partial charge on any atom is 0.0694 e. The maximum atomic E-state index is 9.06. The van der Waals surface area contributed by atoms with Crippen LogP contribution in [0.3, 0.4) is 0 Å². The van der Waals surface area contributed by atoms with E-state index in [1.165, 1.54) is 0 Å². The van der Waals surface area contributed by atoms with E-state index >= 15 is 0 Å². The smallest absolute Gasteiger partial charge is 0.0694 e. The Balaban J connectivity index is 2.47. The highest BCUT2D eigenvalue weighted by Crippen LogP contribution is 2.18. The highest BCUT2D eigenvalue weighted by molar-refractivity contribution is 5.42. The summed E-state index contributed by atoms with van der Waals surface area (Å²) < 4.78 is 1.74. The molecule has 15 heavy (non-hydrogen) atoms. The third-order valence-electron chi connectivity index (χ3n) is 2.28. The molecule has 1 heterocycles. The normalized spacial score (nSPS) is 12.7. The molecule has 0 saturated carbocycles. The van der Waals surface area contributed by atoms with Crippen LogP contribution >= 0.6 is 0 Å². The largest absolute Gasteiger partial charge is 0.394 e. The molecule has 0 amide bonds.